The summed E-state index contributed by atoms with van der Waals surface area (Å²) in [5.41, 5.74) is 1.83. The van der Waals surface area contributed by atoms with Crippen LogP contribution < -0.4 is 14.2 Å². The second-order valence-electron chi connectivity index (χ2n) is 6.85. The van der Waals surface area contributed by atoms with E-state index in [4.69, 9.17) is 14.2 Å². The van der Waals surface area contributed by atoms with Crippen molar-refractivity contribution in [2.45, 2.75) is 25.7 Å². The van der Waals surface area contributed by atoms with Gasteiger partial charge in [-0.3, -0.25) is 4.79 Å². The molecule has 0 bridgehead atoms. The van der Waals surface area contributed by atoms with Gasteiger partial charge in [0.25, 0.3) is 5.91 Å². The van der Waals surface area contributed by atoms with E-state index in [-0.39, 0.29) is 5.91 Å². The number of methoxy groups -OCH3 is 2. The first-order valence-corrected chi connectivity index (χ1v) is 10.3. The van der Waals surface area contributed by atoms with Gasteiger partial charge in [0.15, 0.2) is 11.5 Å². The molecule has 1 saturated heterocycles. The molecule has 0 saturated carbocycles. The smallest absolute Gasteiger partial charge is 0.254 e. The van der Waals surface area contributed by atoms with Crippen LogP contribution in [0.2, 0.25) is 0 Å². The number of hydrogen-bond acceptors (Lipinski definition) is 4. The van der Waals surface area contributed by atoms with Crippen molar-refractivity contribution in [3.63, 3.8) is 0 Å². The van der Waals surface area contributed by atoms with E-state index >= 15 is 0 Å². The van der Waals surface area contributed by atoms with E-state index in [9.17, 15) is 4.79 Å². The van der Waals surface area contributed by atoms with Gasteiger partial charge in [0.1, 0.15) is 5.75 Å². The Morgan fingerprint density at radius 3 is 2.57 bits per heavy atom. The maximum absolute atomic E-state index is 13.1. The minimum Gasteiger partial charge on any atom is -0.497 e. The Hall–Kier alpha value is -2.21. The van der Waals surface area contributed by atoms with Crippen LogP contribution in [-0.2, 0) is 0 Å². The summed E-state index contributed by atoms with van der Waals surface area (Å²) in [6.45, 7) is 4.09. The predicted molar refractivity (Wildman–Crippen MR) is 113 cm³/mol. The molecule has 150 valence electrons. The Morgan fingerprint density at radius 1 is 1.18 bits per heavy atom. The molecule has 0 aromatic heterocycles. The van der Waals surface area contributed by atoms with Crippen LogP contribution in [0.3, 0.4) is 0 Å². The molecule has 1 aliphatic rings. The third-order valence-electron chi connectivity index (χ3n) is 4.99. The lowest BCUT2D eigenvalue weighted by atomic mass is 9.98. The van der Waals surface area contributed by atoms with Crippen LogP contribution in [0.1, 0.15) is 41.6 Å². The van der Waals surface area contributed by atoms with Crippen molar-refractivity contribution in [1.82, 2.24) is 4.90 Å². The molecule has 3 rings (SSSR count). The van der Waals surface area contributed by atoms with E-state index in [1.54, 1.807) is 20.3 Å². The number of carbonyl (C=O) groups is 1. The van der Waals surface area contributed by atoms with E-state index in [0.717, 1.165) is 29.6 Å². The molecule has 1 aliphatic heterocycles. The first-order valence-electron chi connectivity index (χ1n) is 9.51. The molecule has 2 aromatic rings. The standard InChI is InChI=1S/C22H26BrNO4/c1-4-11-28-21-19(23)12-17(13-20(21)27-3)22(25)24-10-9-16(14-24)15-5-7-18(26-2)8-6-15/h5-8,12-13,16H,4,9-11,14H2,1-3H3. The normalized spacial score (nSPS) is 16.1. The van der Waals surface area contributed by atoms with Crippen LogP contribution in [0.15, 0.2) is 40.9 Å². The van der Waals surface area contributed by atoms with Gasteiger partial charge in [0.05, 0.1) is 25.3 Å². The van der Waals surface area contributed by atoms with Gasteiger partial charge in [0.2, 0.25) is 0 Å². The molecule has 1 atom stereocenters. The number of amides is 1. The fourth-order valence-corrected chi connectivity index (χ4v) is 4.02. The van der Waals surface area contributed by atoms with Crippen molar-refractivity contribution in [3.05, 3.63) is 52.0 Å². The van der Waals surface area contributed by atoms with Crippen LogP contribution in [0.25, 0.3) is 0 Å². The quantitative estimate of drug-likeness (QED) is 0.606. The molecule has 5 nitrogen and oxygen atoms in total. The molecule has 1 fully saturated rings. The lowest BCUT2D eigenvalue weighted by Gasteiger charge is -2.19. The minimum absolute atomic E-state index is 0.0112. The number of carbonyl (C=O) groups excluding carboxylic acids is 1. The molecule has 0 N–H and O–H groups in total. The first kappa shape index (κ1) is 20.5. The highest BCUT2D eigenvalue weighted by atomic mass is 79.9. The number of hydrogen-bond donors (Lipinski definition) is 0. The van der Waals surface area contributed by atoms with E-state index in [1.807, 2.05) is 30.0 Å². The SMILES string of the molecule is CCCOc1c(Br)cc(C(=O)N2CCC(c3ccc(OC)cc3)C2)cc1OC. The zero-order valence-corrected chi connectivity index (χ0v) is 18.1. The summed E-state index contributed by atoms with van der Waals surface area (Å²) in [6.07, 6.45) is 1.85. The molecule has 1 heterocycles. The highest BCUT2D eigenvalue weighted by molar-refractivity contribution is 9.10. The van der Waals surface area contributed by atoms with Crippen LogP contribution in [-0.4, -0.2) is 44.7 Å². The second kappa shape index (κ2) is 9.32. The van der Waals surface area contributed by atoms with Gasteiger partial charge in [-0.15, -0.1) is 0 Å². The lowest BCUT2D eigenvalue weighted by Crippen LogP contribution is -2.28. The molecular formula is C22H26BrNO4. The van der Waals surface area contributed by atoms with E-state index in [2.05, 4.69) is 28.1 Å². The van der Waals surface area contributed by atoms with Gasteiger partial charge in [-0.25, -0.2) is 0 Å². The fraction of sp³-hybridized carbons (Fsp3) is 0.409. The monoisotopic (exact) mass is 447 g/mol. The first-order chi connectivity index (χ1) is 13.6. The molecule has 1 unspecified atom stereocenters. The van der Waals surface area contributed by atoms with E-state index < -0.39 is 0 Å². The van der Waals surface area contributed by atoms with E-state index in [1.165, 1.54) is 5.56 Å². The summed E-state index contributed by atoms with van der Waals surface area (Å²) in [5, 5.41) is 0. The van der Waals surface area contributed by atoms with Crippen molar-refractivity contribution in [1.29, 1.82) is 0 Å². The summed E-state index contributed by atoms with van der Waals surface area (Å²) in [5.74, 6) is 2.40. The van der Waals surface area contributed by atoms with Crippen molar-refractivity contribution in [2.75, 3.05) is 33.9 Å². The number of rotatable bonds is 7. The topological polar surface area (TPSA) is 48.0 Å². The third kappa shape index (κ3) is 4.43. The molecule has 28 heavy (non-hydrogen) atoms. The fourth-order valence-electron chi connectivity index (χ4n) is 3.46. The molecule has 0 radical (unpaired) electrons. The van der Waals surface area contributed by atoms with Crippen molar-refractivity contribution in [2.24, 2.45) is 0 Å². The van der Waals surface area contributed by atoms with Crippen LogP contribution in [0.4, 0.5) is 0 Å². The summed E-state index contributed by atoms with van der Waals surface area (Å²) >= 11 is 3.52. The summed E-state index contributed by atoms with van der Waals surface area (Å²) in [7, 11) is 3.25. The number of benzene rings is 2. The van der Waals surface area contributed by atoms with Crippen molar-refractivity contribution >= 4 is 21.8 Å². The molecule has 6 heteroatoms. The Balaban J connectivity index is 1.74. The van der Waals surface area contributed by atoms with E-state index in [0.29, 0.717) is 36.1 Å². The number of likely N-dealkylation sites (tertiary alicyclic amines) is 1. The molecular weight excluding hydrogens is 422 g/mol. The van der Waals surface area contributed by atoms with Gasteiger partial charge in [-0.05, 0) is 58.6 Å². The third-order valence-corrected chi connectivity index (χ3v) is 5.58. The zero-order chi connectivity index (χ0) is 20.1. The maximum Gasteiger partial charge on any atom is 0.254 e. The van der Waals surface area contributed by atoms with Crippen LogP contribution in [0, 0.1) is 0 Å². The summed E-state index contributed by atoms with van der Waals surface area (Å²) in [6, 6.07) is 11.7. The molecule has 0 aliphatic carbocycles. The summed E-state index contributed by atoms with van der Waals surface area (Å²) < 4.78 is 17.2. The maximum atomic E-state index is 13.1. The molecule has 0 spiro atoms. The molecule has 1 amide bonds. The van der Waals surface area contributed by atoms with Crippen LogP contribution >= 0.6 is 15.9 Å². The lowest BCUT2D eigenvalue weighted by molar-refractivity contribution is 0.0790. The number of halogens is 1. The zero-order valence-electron chi connectivity index (χ0n) is 16.5. The van der Waals surface area contributed by atoms with Crippen molar-refractivity contribution < 1.29 is 19.0 Å². The Kier molecular flexibility index (Phi) is 6.83. The van der Waals surface area contributed by atoms with Crippen molar-refractivity contribution in [3.8, 4) is 17.2 Å². The second-order valence-corrected chi connectivity index (χ2v) is 7.70. The minimum atomic E-state index is 0.0112. The van der Waals surface area contributed by atoms with Gasteiger partial charge in [-0.1, -0.05) is 19.1 Å². The van der Waals surface area contributed by atoms with Gasteiger partial charge < -0.3 is 19.1 Å². The number of ether oxygens (including phenoxy) is 3. The summed E-state index contributed by atoms with van der Waals surface area (Å²) in [4.78, 5) is 15.0. The molecule has 2 aromatic carbocycles. The average Bonchev–Trinajstić information content (AvgIpc) is 3.22. The highest BCUT2D eigenvalue weighted by Gasteiger charge is 2.29. The Labute approximate surface area is 174 Å². The van der Waals surface area contributed by atoms with Gasteiger partial charge in [-0.2, -0.15) is 0 Å². The van der Waals surface area contributed by atoms with Gasteiger partial charge in [0, 0.05) is 24.6 Å². The van der Waals surface area contributed by atoms with Crippen LogP contribution in [0.5, 0.6) is 17.2 Å². The highest BCUT2D eigenvalue weighted by Crippen LogP contribution is 2.38. The number of nitrogens with zero attached hydrogens (tertiary/aromatic N) is 1. The predicted octanol–water partition coefficient (Wildman–Crippen LogP) is 4.88. The Morgan fingerprint density at radius 2 is 1.93 bits per heavy atom. The van der Waals surface area contributed by atoms with Gasteiger partial charge >= 0.3 is 0 Å². The average molecular weight is 448 g/mol. The Bertz CT molecular complexity index is 822. The largest absolute Gasteiger partial charge is 0.497 e.